The largest absolute Gasteiger partial charge is 0.349 e. The number of rotatable bonds is 4. The number of carbonyl (C=O) groups is 2. The van der Waals surface area contributed by atoms with Crippen LogP contribution in [0.1, 0.15) is 42.0 Å². The maximum Gasteiger partial charge on any atom is 0.227 e. The van der Waals surface area contributed by atoms with Gasteiger partial charge < -0.3 is 10.2 Å². The van der Waals surface area contributed by atoms with E-state index in [2.05, 4.69) is 23.5 Å². The maximum absolute atomic E-state index is 12.4. The van der Waals surface area contributed by atoms with Crippen LogP contribution in [-0.4, -0.2) is 18.4 Å². The normalized spacial score (nSPS) is 19.1. The third-order valence-electron chi connectivity index (χ3n) is 5.15. The molecule has 1 saturated heterocycles. The van der Waals surface area contributed by atoms with E-state index >= 15 is 0 Å². The van der Waals surface area contributed by atoms with Gasteiger partial charge in [-0.05, 0) is 48.1 Å². The SMILES string of the molecule is O=C(Cc1ccc(N2CCCC2=O)cc1)N[C@H]1CCc2ccccc21. The Labute approximate surface area is 147 Å². The molecular weight excluding hydrogens is 312 g/mol. The number of anilines is 1. The van der Waals surface area contributed by atoms with Gasteiger partial charge in [-0.25, -0.2) is 0 Å². The van der Waals surface area contributed by atoms with E-state index < -0.39 is 0 Å². The fourth-order valence-corrected chi connectivity index (χ4v) is 3.85. The lowest BCUT2D eigenvalue weighted by atomic mass is 10.1. The summed E-state index contributed by atoms with van der Waals surface area (Å²) in [4.78, 5) is 26.0. The Hall–Kier alpha value is -2.62. The molecule has 0 spiro atoms. The van der Waals surface area contributed by atoms with Crippen molar-refractivity contribution in [2.45, 2.75) is 38.1 Å². The summed E-state index contributed by atoms with van der Waals surface area (Å²) in [6.45, 7) is 0.791. The van der Waals surface area contributed by atoms with Crippen molar-refractivity contribution in [2.75, 3.05) is 11.4 Å². The second-order valence-electron chi connectivity index (χ2n) is 6.85. The highest BCUT2D eigenvalue weighted by atomic mass is 16.2. The molecule has 1 aliphatic heterocycles. The van der Waals surface area contributed by atoms with E-state index in [1.807, 2.05) is 35.2 Å². The lowest BCUT2D eigenvalue weighted by Crippen LogP contribution is -2.28. The Bertz CT molecular complexity index is 798. The van der Waals surface area contributed by atoms with Crippen LogP contribution in [0.4, 0.5) is 5.69 Å². The van der Waals surface area contributed by atoms with Crippen LogP contribution in [0.5, 0.6) is 0 Å². The topological polar surface area (TPSA) is 49.4 Å². The highest BCUT2D eigenvalue weighted by molar-refractivity contribution is 5.95. The van der Waals surface area contributed by atoms with E-state index in [-0.39, 0.29) is 17.9 Å². The quantitative estimate of drug-likeness (QED) is 0.934. The molecule has 2 amide bonds. The first kappa shape index (κ1) is 15.9. The van der Waals surface area contributed by atoms with Gasteiger partial charge in [-0.3, -0.25) is 9.59 Å². The predicted molar refractivity (Wildman–Crippen MR) is 97.4 cm³/mol. The number of hydrogen-bond acceptors (Lipinski definition) is 2. The summed E-state index contributed by atoms with van der Waals surface area (Å²) in [7, 11) is 0. The minimum absolute atomic E-state index is 0.0479. The zero-order valence-corrected chi connectivity index (χ0v) is 14.2. The standard InChI is InChI=1S/C21H22N2O2/c24-20(22-19-12-9-16-4-1-2-5-18(16)19)14-15-7-10-17(11-8-15)23-13-3-6-21(23)25/h1-2,4-5,7-8,10-11,19H,3,6,9,12-14H2,(H,22,24)/t19-/m0/s1. The summed E-state index contributed by atoms with van der Waals surface area (Å²) >= 11 is 0. The number of fused-ring (bicyclic) bond motifs is 1. The van der Waals surface area contributed by atoms with Crippen molar-refractivity contribution < 1.29 is 9.59 Å². The monoisotopic (exact) mass is 334 g/mol. The molecule has 0 radical (unpaired) electrons. The Kier molecular flexibility index (Phi) is 4.26. The third kappa shape index (κ3) is 3.29. The molecular formula is C21H22N2O2. The number of carbonyl (C=O) groups excluding carboxylic acids is 2. The van der Waals surface area contributed by atoms with Gasteiger partial charge in [-0.15, -0.1) is 0 Å². The van der Waals surface area contributed by atoms with E-state index in [0.717, 1.165) is 37.1 Å². The Morgan fingerprint density at radius 1 is 1.08 bits per heavy atom. The average Bonchev–Trinajstić information content (AvgIpc) is 3.22. The predicted octanol–water partition coefficient (Wildman–Crippen LogP) is 3.16. The fraction of sp³-hybridized carbons (Fsp3) is 0.333. The second-order valence-corrected chi connectivity index (χ2v) is 6.85. The first-order chi connectivity index (χ1) is 12.2. The lowest BCUT2D eigenvalue weighted by molar-refractivity contribution is -0.121. The van der Waals surface area contributed by atoms with Crippen molar-refractivity contribution in [1.29, 1.82) is 0 Å². The Morgan fingerprint density at radius 3 is 2.64 bits per heavy atom. The van der Waals surface area contributed by atoms with Crippen LogP contribution in [0, 0.1) is 0 Å². The zero-order chi connectivity index (χ0) is 17.2. The molecule has 4 heteroatoms. The summed E-state index contributed by atoms with van der Waals surface area (Å²) in [5.74, 6) is 0.233. The number of hydrogen-bond donors (Lipinski definition) is 1. The van der Waals surface area contributed by atoms with Gasteiger partial charge in [-0.1, -0.05) is 36.4 Å². The molecule has 25 heavy (non-hydrogen) atoms. The lowest BCUT2D eigenvalue weighted by Gasteiger charge is -2.16. The van der Waals surface area contributed by atoms with Crippen LogP contribution < -0.4 is 10.2 Å². The third-order valence-corrected chi connectivity index (χ3v) is 5.15. The smallest absolute Gasteiger partial charge is 0.227 e. The zero-order valence-electron chi connectivity index (χ0n) is 14.2. The summed E-state index contributed by atoms with van der Waals surface area (Å²) in [5, 5.41) is 3.16. The molecule has 4 rings (SSSR count). The minimum Gasteiger partial charge on any atom is -0.349 e. The highest BCUT2D eigenvalue weighted by Crippen LogP contribution is 2.30. The van der Waals surface area contributed by atoms with Gasteiger partial charge in [0, 0.05) is 18.7 Å². The molecule has 1 fully saturated rings. The van der Waals surface area contributed by atoms with Gasteiger partial charge in [-0.2, -0.15) is 0 Å². The summed E-state index contributed by atoms with van der Waals surface area (Å²) in [5.41, 5.74) is 4.49. The van der Waals surface area contributed by atoms with E-state index in [4.69, 9.17) is 0 Å². The van der Waals surface area contributed by atoms with Gasteiger partial charge in [0.2, 0.25) is 11.8 Å². The van der Waals surface area contributed by atoms with Gasteiger partial charge in [0.1, 0.15) is 0 Å². The Morgan fingerprint density at radius 2 is 1.88 bits per heavy atom. The van der Waals surface area contributed by atoms with Crippen molar-refractivity contribution in [3.05, 3.63) is 65.2 Å². The summed E-state index contributed by atoms with van der Waals surface area (Å²) in [6, 6.07) is 16.2. The van der Waals surface area contributed by atoms with Crippen LogP contribution >= 0.6 is 0 Å². The van der Waals surface area contributed by atoms with Crippen molar-refractivity contribution in [3.8, 4) is 0 Å². The molecule has 1 heterocycles. The molecule has 2 aromatic carbocycles. The van der Waals surface area contributed by atoms with E-state index in [9.17, 15) is 9.59 Å². The van der Waals surface area contributed by atoms with Gasteiger partial charge >= 0.3 is 0 Å². The number of benzene rings is 2. The van der Waals surface area contributed by atoms with Crippen LogP contribution in [0.3, 0.4) is 0 Å². The van der Waals surface area contributed by atoms with Crippen molar-refractivity contribution in [1.82, 2.24) is 5.32 Å². The van der Waals surface area contributed by atoms with E-state index in [1.54, 1.807) is 0 Å². The van der Waals surface area contributed by atoms with Crippen LogP contribution in [0.2, 0.25) is 0 Å². The van der Waals surface area contributed by atoms with Gasteiger partial charge in [0.05, 0.1) is 12.5 Å². The molecule has 4 nitrogen and oxygen atoms in total. The number of nitrogens with zero attached hydrogens (tertiary/aromatic N) is 1. The molecule has 1 N–H and O–H groups in total. The fourth-order valence-electron chi connectivity index (χ4n) is 3.85. The van der Waals surface area contributed by atoms with Gasteiger partial charge in [0.15, 0.2) is 0 Å². The van der Waals surface area contributed by atoms with E-state index in [1.165, 1.54) is 11.1 Å². The maximum atomic E-state index is 12.4. The highest BCUT2D eigenvalue weighted by Gasteiger charge is 2.24. The van der Waals surface area contributed by atoms with Crippen LogP contribution in [-0.2, 0) is 22.4 Å². The van der Waals surface area contributed by atoms with Crippen molar-refractivity contribution in [2.24, 2.45) is 0 Å². The number of nitrogens with one attached hydrogen (secondary N) is 1. The molecule has 2 aliphatic rings. The Balaban J connectivity index is 1.37. The van der Waals surface area contributed by atoms with Crippen molar-refractivity contribution >= 4 is 17.5 Å². The summed E-state index contributed by atoms with van der Waals surface area (Å²) in [6.07, 6.45) is 3.92. The number of aryl methyl sites for hydroxylation is 1. The average molecular weight is 334 g/mol. The van der Waals surface area contributed by atoms with Crippen LogP contribution in [0.25, 0.3) is 0 Å². The second kappa shape index (κ2) is 6.71. The molecule has 0 unspecified atom stereocenters. The molecule has 1 aliphatic carbocycles. The first-order valence-electron chi connectivity index (χ1n) is 8.97. The minimum atomic E-state index is 0.0479. The molecule has 0 saturated carbocycles. The number of amides is 2. The molecule has 1 atom stereocenters. The van der Waals surface area contributed by atoms with Gasteiger partial charge in [0.25, 0.3) is 0 Å². The molecule has 2 aromatic rings. The van der Waals surface area contributed by atoms with Crippen LogP contribution in [0.15, 0.2) is 48.5 Å². The molecule has 128 valence electrons. The van der Waals surface area contributed by atoms with Crippen molar-refractivity contribution in [3.63, 3.8) is 0 Å². The van der Waals surface area contributed by atoms with E-state index in [0.29, 0.717) is 12.8 Å². The first-order valence-corrected chi connectivity index (χ1v) is 8.97. The molecule has 0 bridgehead atoms. The molecule has 0 aromatic heterocycles. The summed E-state index contributed by atoms with van der Waals surface area (Å²) < 4.78 is 0.